The highest BCUT2D eigenvalue weighted by Crippen LogP contribution is 2.62. The Labute approximate surface area is 357 Å². The summed E-state index contributed by atoms with van der Waals surface area (Å²) in [6, 6.07) is 83.4. The van der Waals surface area contributed by atoms with Crippen molar-refractivity contribution in [1.82, 2.24) is 0 Å². The van der Waals surface area contributed by atoms with Gasteiger partial charge in [0.1, 0.15) is 0 Å². The maximum atomic E-state index is 2.44. The Morgan fingerprint density at radius 1 is 0.311 bits per heavy atom. The molecular formula is C60H43N. The van der Waals surface area contributed by atoms with Crippen molar-refractivity contribution >= 4 is 38.6 Å². The molecule has 2 aliphatic carbocycles. The lowest BCUT2D eigenvalue weighted by atomic mass is 9.55. The molecule has 12 rings (SSSR count). The zero-order chi connectivity index (χ0) is 40.7. The molecule has 10 aromatic carbocycles. The van der Waals surface area contributed by atoms with Gasteiger partial charge in [-0.1, -0.05) is 202 Å². The predicted molar refractivity (Wildman–Crippen MR) is 256 cm³/mol. The first-order valence-corrected chi connectivity index (χ1v) is 21.4. The minimum absolute atomic E-state index is 0.115. The highest BCUT2D eigenvalue weighted by molar-refractivity contribution is 6.00. The maximum absolute atomic E-state index is 2.44. The van der Waals surface area contributed by atoms with Crippen molar-refractivity contribution in [3.63, 3.8) is 0 Å². The second kappa shape index (κ2) is 13.5. The van der Waals surface area contributed by atoms with E-state index in [9.17, 15) is 0 Å². The fraction of sp³-hybridized carbons (Fsp3) is 0.0667. The zero-order valence-electron chi connectivity index (χ0n) is 34.3. The normalized spacial score (nSPS) is 14.0. The van der Waals surface area contributed by atoms with Crippen molar-refractivity contribution in [2.75, 3.05) is 4.90 Å². The van der Waals surface area contributed by atoms with Crippen molar-refractivity contribution in [1.29, 1.82) is 0 Å². The lowest BCUT2D eigenvalue weighted by molar-refractivity contribution is 0.563. The first-order chi connectivity index (χ1) is 30.0. The van der Waals surface area contributed by atoms with Crippen LogP contribution in [0.5, 0.6) is 0 Å². The predicted octanol–water partition coefficient (Wildman–Crippen LogP) is 15.8. The van der Waals surface area contributed by atoms with Gasteiger partial charge in [0.2, 0.25) is 0 Å². The average Bonchev–Trinajstić information content (AvgIpc) is 3.61. The number of anilines is 3. The number of benzene rings is 10. The minimum Gasteiger partial charge on any atom is -0.310 e. The van der Waals surface area contributed by atoms with E-state index in [1.165, 1.54) is 88.3 Å². The van der Waals surface area contributed by atoms with E-state index in [0.29, 0.717) is 0 Å². The number of nitrogens with zero attached hydrogens (tertiary/aromatic N) is 1. The van der Waals surface area contributed by atoms with Crippen LogP contribution >= 0.6 is 0 Å². The standard InChI is InChI=1S/C60H43N/c1-59(2)54-24-9-11-26-56(54)60(57-27-12-10-25-55(57)59)52-23-8-7-21-50(52)51-39-44(33-38-53(51)60)40-29-34-45(35-30-40)61(58-28-14-18-42-16-4-6-20-49(42)58)46-36-31-43(32-37-46)48-22-13-17-41-15-3-5-19-47(41)48/h3-39H,1-2H3. The van der Waals surface area contributed by atoms with Crippen LogP contribution in [0.1, 0.15) is 47.2 Å². The molecule has 1 nitrogen and oxygen atoms in total. The third kappa shape index (κ3) is 5.20. The van der Waals surface area contributed by atoms with Gasteiger partial charge in [-0.25, -0.2) is 0 Å². The van der Waals surface area contributed by atoms with E-state index in [1.807, 2.05) is 0 Å². The molecule has 0 saturated carbocycles. The van der Waals surface area contributed by atoms with Crippen LogP contribution in [0, 0.1) is 0 Å². The summed E-state index contributed by atoms with van der Waals surface area (Å²) >= 11 is 0. The van der Waals surface area contributed by atoms with E-state index in [-0.39, 0.29) is 10.8 Å². The van der Waals surface area contributed by atoms with Crippen LogP contribution in [0.2, 0.25) is 0 Å². The zero-order valence-corrected chi connectivity index (χ0v) is 34.3. The lowest BCUT2D eigenvalue weighted by Crippen LogP contribution is -2.40. The van der Waals surface area contributed by atoms with Gasteiger partial charge in [0, 0.05) is 22.2 Å². The van der Waals surface area contributed by atoms with Gasteiger partial charge in [-0.05, 0) is 119 Å². The number of hydrogen-bond acceptors (Lipinski definition) is 1. The first kappa shape index (κ1) is 35.5. The second-order valence-corrected chi connectivity index (χ2v) is 17.2. The molecule has 0 atom stereocenters. The molecule has 0 aromatic heterocycles. The first-order valence-electron chi connectivity index (χ1n) is 21.4. The van der Waals surface area contributed by atoms with Crippen LogP contribution in [0.25, 0.3) is 54.9 Å². The van der Waals surface area contributed by atoms with Crippen LogP contribution in [-0.4, -0.2) is 0 Å². The van der Waals surface area contributed by atoms with E-state index >= 15 is 0 Å². The maximum Gasteiger partial charge on any atom is 0.0719 e. The Bertz CT molecular complexity index is 3270. The molecule has 0 heterocycles. The molecule has 61 heavy (non-hydrogen) atoms. The molecular weight excluding hydrogens is 735 g/mol. The quantitative estimate of drug-likeness (QED) is 0.168. The Balaban J connectivity index is 0.976. The summed E-state index contributed by atoms with van der Waals surface area (Å²) in [5, 5.41) is 4.95. The van der Waals surface area contributed by atoms with Crippen LogP contribution in [-0.2, 0) is 10.8 Å². The Kier molecular flexibility index (Phi) is 7.86. The molecule has 0 aliphatic heterocycles. The summed E-state index contributed by atoms with van der Waals surface area (Å²) in [5.74, 6) is 0. The Morgan fingerprint density at radius 3 is 1.44 bits per heavy atom. The van der Waals surface area contributed by atoms with Gasteiger partial charge in [0.05, 0.1) is 11.1 Å². The number of fused-ring (bicyclic) bond motifs is 11. The molecule has 0 unspecified atom stereocenters. The minimum atomic E-state index is -0.390. The summed E-state index contributed by atoms with van der Waals surface area (Å²) in [5.41, 5.74) is 18.7. The van der Waals surface area contributed by atoms with Gasteiger partial charge >= 0.3 is 0 Å². The molecule has 10 aromatic rings. The van der Waals surface area contributed by atoms with Crippen LogP contribution in [0.4, 0.5) is 17.1 Å². The molecule has 0 radical (unpaired) electrons. The average molecular weight is 778 g/mol. The van der Waals surface area contributed by atoms with Crippen molar-refractivity contribution < 1.29 is 0 Å². The third-order valence-electron chi connectivity index (χ3n) is 13.7. The van der Waals surface area contributed by atoms with Gasteiger partial charge in [0.25, 0.3) is 0 Å². The number of hydrogen-bond donors (Lipinski definition) is 0. The van der Waals surface area contributed by atoms with Crippen LogP contribution in [0.3, 0.4) is 0 Å². The highest BCUT2D eigenvalue weighted by Gasteiger charge is 2.53. The van der Waals surface area contributed by atoms with E-state index in [4.69, 9.17) is 0 Å². The van der Waals surface area contributed by atoms with Crippen molar-refractivity contribution in [3.05, 3.63) is 258 Å². The number of rotatable bonds is 5. The van der Waals surface area contributed by atoms with Crippen LogP contribution in [0.15, 0.2) is 224 Å². The van der Waals surface area contributed by atoms with Crippen molar-refractivity contribution in [2.24, 2.45) is 0 Å². The highest BCUT2D eigenvalue weighted by atomic mass is 15.1. The molecule has 0 fully saturated rings. The van der Waals surface area contributed by atoms with Gasteiger partial charge < -0.3 is 4.90 Å². The van der Waals surface area contributed by atoms with Gasteiger partial charge in [-0.2, -0.15) is 0 Å². The SMILES string of the molecule is CC1(C)c2ccccc2C2(c3ccccc3-c3cc(-c4ccc(N(c5ccc(-c6cccc7ccccc67)cc5)c5cccc6ccccc56)cc4)ccc32)c2ccccc21. The smallest absolute Gasteiger partial charge is 0.0719 e. The van der Waals surface area contributed by atoms with Crippen molar-refractivity contribution in [3.8, 4) is 33.4 Å². The van der Waals surface area contributed by atoms with Gasteiger partial charge in [-0.3, -0.25) is 0 Å². The molecule has 1 heteroatoms. The molecule has 288 valence electrons. The van der Waals surface area contributed by atoms with Gasteiger partial charge in [-0.15, -0.1) is 0 Å². The summed E-state index contributed by atoms with van der Waals surface area (Å²) in [4.78, 5) is 2.40. The Hall–Kier alpha value is -7.48. The second-order valence-electron chi connectivity index (χ2n) is 17.2. The monoisotopic (exact) mass is 777 g/mol. The molecule has 0 amide bonds. The molecule has 2 aliphatic rings. The van der Waals surface area contributed by atoms with Gasteiger partial charge in [0.15, 0.2) is 0 Å². The summed E-state index contributed by atoms with van der Waals surface area (Å²) in [7, 11) is 0. The summed E-state index contributed by atoms with van der Waals surface area (Å²) in [6.07, 6.45) is 0. The summed E-state index contributed by atoms with van der Waals surface area (Å²) in [6.45, 7) is 4.77. The fourth-order valence-corrected chi connectivity index (χ4v) is 10.9. The van der Waals surface area contributed by atoms with E-state index in [0.717, 1.165) is 17.1 Å². The topological polar surface area (TPSA) is 3.24 Å². The van der Waals surface area contributed by atoms with Crippen molar-refractivity contribution in [2.45, 2.75) is 24.7 Å². The fourth-order valence-electron chi connectivity index (χ4n) is 10.9. The van der Waals surface area contributed by atoms with Crippen LogP contribution < -0.4 is 4.90 Å². The van der Waals surface area contributed by atoms with E-state index < -0.39 is 0 Å². The summed E-state index contributed by atoms with van der Waals surface area (Å²) < 4.78 is 0. The molecule has 0 N–H and O–H groups in total. The largest absolute Gasteiger partial charge is 0.310 e. The molecule has 0 saturated heterocycles. The van der Waals surface area contributed by atoms with E-state index in [2.05, 4.69) is 243 Å². The lowest BCUT2D eigenvalue weighted by Gasteiger charge is -2.46. The Morgan fingerprint density at radius 2 is 0.770 bits per heavy atom. The van der Waals surface area contributed by atoms with E-state index in [1.54, 1.807) is 0 Å². The third-order valence-corrected chi connectivity index (χ3v) is 13.7. The molecule has 1 spiro atoms. The molecule has 0 bridgehead atoms.